The van der Waals surface area contributed by atoms with Crippen molar-refractivity contribution in [2.45, 2.75) is 33.4 Å². The second-order valence-corrected chi connectivity index (χ2v) is 7.47. The number of nitrogens with zero attached hydrogens (tertiary/aromatic N) is 2. The van der Waals surface area contributed by atoms with Crippen LogP contribution in [0.3, 0.4) is 0 Å². The minimum absolute atomic E-state index is 0.225. The third-order valence-electron chi connectivity index (χ3n) is 4.44. The summed E-state index contributed by atoms with van der Waals surface area (Å²) >= 11 is 1.09. The molecule has 0 bridgehead atoms. The van der Waals surface area contributed by atoms with Gasteiger partial charge in [0.15, 0.2) is 0 Å². The molecular formula is C20H20FN3O4S. The van der Waals surface area contributed by atoms with Crippen molar-refractivity contribution in [3.8, 4) is 0 Å². The first-order valence-corrected chi connectivity index (χ1v) is 9.84. The Labute approximate surface area is 170 Å². The van der Waals surface area contributed by atoms with Gasteiger partial charge in [-0.05, 0) is 44.0 Å². The topological polar surface area (TPSA) is 90.3 Å². The van der Waals surface area contributed by atoms with Crippen LogP contribution in [0.2, 0.25) is 0 Å². The summed E-state index contributed by atoms with van der Waals surface area (Å²) in [6.45, 7) is 5.14. The van der Waals surface area contributed by atoms with Gasteiger partial charge >= 0.3 is 5.97 Å². The van der Waals surface area contributed by atoms with E-state index in [1.807, 2.05) is 0 Å². The first-order chi connectivity index (χ1) is 13.8. The van der Waals surface area contributed by atoms with Gasteiger partial charge < -0.3 is 10.1 Å². The van der Waals surface area contributed by atoms with Gasteiger partial charge in [-0.25, -0.2) is 14.2 Å². The maximum atomic E-state index is 13.0. The summed E-state index contributed by atoms with van der Waals surface area (Å²) in [5.74, 6) is -1.24. The Bertz CT molecular complexity index is 1120. The standard InChI is InChI=1S/C20H20FN3O4S/c1-4-28-20(27)17-11(2)16-18(29-17)22-10-24(19(16)26)9-15(25)23-12(3)13-5-7-14(21)8-6-13/h5-8,10,12H,4,9H2,1-3H3,(H,23,25)/t12-/m1/s1. The Balaban J connectivity index is 1.81. The van der Waals surface area contributed by atoms with E-state index in [9.17, 15) is 18.8 Å². The molecule has 2 heterocycles. The predicted octanol–water partition coefficient (Wildman–Crippen LogP) is 2.96. The third kappa shape index (κ3) is 4.34. The van der Waals surface area contributed by atoms with Gasteiger partial charge in [-0.1, -0.05) is 12.1 Å². The van der Waals surface area contributed by atoms with E-state index in [0.29, 0.717) is 20.7 Å². The molecule has 3 aromatic rings. The zero-order chi connectivity index (χ0) is 21.1. The largest absolute Gasteiger partial charge is 0.462 e. The van der Waals surface area contributed by atoms with Crippen molar-refractivity contribution in [3.63, 3.8) is 0 Å². The van der Waals surface area contributed by atoms with Crippen molar-refractivity contribution in [1.29, 1.82) is 0 Å². The lowest BCUT2D eigenvalue weighted by atomic mass is 10.1. The monoisotopic (exact) mass is 417 g/mol. The van der Waals surface area contributed by atoms with Crippen molar-refractivity contribution in [1.82, 2.24) is 14.9 Å². The van der Waals surface area contributed by atoms with Crippen LogP contribution in [0.4, 0.5) is 4.39 Å². The highest BCUT2D eigenvalue weighted by atomic mass is 32.1. The number of amides is 1. The summed E-state index contributed by atoms with van der Waals surface area (Å²) < 4.78 is 19.3. The average Bonchev–Trinajstić information content (AvgIpc) is 3.02. The first-order valence-electron chi connectivity index (χ1n) is 9.02. The lowest BCUT2D eigenvalue weighted by molar-refractivity contribution is -0.122. The fraction of sp³-hybridized carbons (Fsp3) is 0.300. The molecule has 9 heteroatoms. The van der Waals surface area contributed by atoms with E-state index in [1.165, 1.54) is 23.0 Å². The van der Waals surface area contributed by atoms with Crippen LogP contribution in [0, 0.1) is 12.7 Å². The molecule has 0 aliphatic carbocycles. The highest BCUT2D eigenvalue weighted by molar-refractivity contribution is 7.20. The van der Waals surface area contributed by atoms with E-state index in [4.69, 9.17) is 4.74 Å². The number of aryl methyl sites for hydroxylation is 1. The molecule has 0 fully saturated rings. The fourth-order valence-electron chi connectivity index (χ4n) is 2.94. The zero-order valence-corrected chi connectivity index (χ0v) is 17.0. The number of rotatable bonds is 6. The summed E-state index contributed by atoms with van der Waals surface area (Å²) in [7, 11) is 0. The maximum Gasteiger partial charge on any atom is 0.348 e. The molecule has 2 aromatic heterocycles. The number of fused-ring (bicyclic) bond motifs is 1. The molecule has 0 radical (unpaired) electrons. The number of carbonyl (C=O) groups is 2. The van der Waals surface area contributed by atoms with Gasteiger partial charge in [0.05, 0.1) is 24.4 Å². The molecule has 29 heavy (non-hydrogen) atoms. The second-order valence-electron chi connectivity index (χ2n) is 6.48. The Hall–Kier alpha value is -3.07. The molecular weight excluding hydrogens is 397 g/mol. The number of ether oxygens (including phenoxy) is 1. The van der Waals surface area contributed by atoms with Crippen LogP contribution in [-0.2, 0) is 16.1 Å². The van der Waals surface area contributed by atoms with Crippen LogP contribution >= 0.6 is 11.3 Å². The van der Waals surface area contributed by atoms with Crippen molar-refractivity contribution >= 4 is 33.4 Å². The number of nitrogens with one attached hydrogen (secondary N) is 1. The molecule has 0 spiro atoms. The van der Waals surface area contributed by atoms with E-state index in [-0.39, 0.29) is 30.9 Å². The van der Waals surface area contributed by atoms with Gasteiger partial charge in [0.1, 0.15) is 22.1 Å². The summed E-state index contributed by atoms with van der Waals surface area (Å²) in [5.41, 5.74) is 0.840. The molecule has 0 aliphatic heterocycles. The van der Waals surface area contributed by atoms with Gasteiger partial charge in [-0.2, -0.15) is 0 Å². The molecule has 1 atom stereocenters. The molecule has 0 saturated heterocycles. The van der Waals surface area contributed by atoms with Gasteiger partial charge in [0.25, 0.3) is 5.56 Å². The van der Waals surface area contributed by atoms with Gasteiger partial charge in [0.2, 0.25) is 5.91 Å². The third-order valence-corrected chi connectivity index (χ3v) is 5.62. The van der Waals surface area contributed by atoms with Crippen molar-refractivity contribution in [2.24, 2.45) is 0 Å². The number of aromatic nitrogens is 2. The summed E-state index contributed by atoms with van der Waals surface area (Å²) in [6, 6.07) is 5.47. The van der Waals surface area contributed by atoms with Crippen LogP contribution in [0.15, 0.2) is 35.4 Å². The summed E-state index contributed by atoms with van der Waals surface area (Å²) in [5, 5.41) is 3.08. The molecule has 0 aliphatic rings. The van der Waals surface area contributed by atoms with E-state index in [1.54, 1.807) is 32.9 Å². The maximum absolute atomic E-state index is 13.0. The number of esters is 1. The van der Waals surface area contributed by atoms with Crippen LogP contribution in [0.5, 0.6) is 0 Å². The quantitative estimate of drug-likeness (QED) is 0.623. The molecule has 0 saturated carbocycles. The number of carbonyl (C=O) groups excluding carboxylic acids is 2. The normalized spacial score (nSPS) is 12.0. The molecule has 152 valence electrons. The van der Waals surface area contributed by atoms with E-state index < -0.39 is 11.5 Å². The Morgan fingerprint density at radius 3 is 2.66 bits per heavy atom. The zero-order valence-electron chi connectivity index (χ0n) is 16.2. The molecule has 3 rings (SSSR count). The van der Waals surface area contributed by atoms with Gasteiger partial charge in [-0.3, -0.25) is 14.2 Å². The van der Waals surface area contributed by atoms with Crippen molar-refractivity contribution in [3.05, 3.63) is 62.8 Å². The van der Waals surface area contributed by atoms with E-state index in [2.05, 4.69) is 10.3 Å². The highest BCUT2D eigenvalue weighted by Gasteiger charge is 2.21. The van der Waals surface area contributed by atoms with Crippen LogP contribution in [0.25, 0.3) is 10.2 Å². The van der Waals surface area contributed by atoms with E-state index in [0.717, 1.165) is 16.9 Å². The number of benzene rings is 1. The van der Waals surface area contributed by atoms with Gasteiger partial charge in [-0.15, -0.1) is 11.3 Å². The number of hydrogen-bond acceptors (Lipinski definition) is 6. The first kappa shape index (κ1) is 20.7. The number of hydrogen-bond donors (Lipinski definition) is 1. The highest BCUT2D eigenvalue weighted by Crippen LogP contribution is 2.27. The second kappa shape index (κ2) is 8.52. The van der Waals surface area contributed by atoms with Gasteiger partial charge in [0, 0.05) is 0 Å². The fourth-order valence-corrected chi connectivity index (χ4v) is 3.97. The predicted molar refractivity (Wildman–Crippen MR) is 108 cm³/mol. The molecule has 7 nitrogen and oxygen atoms in total. The minimum Gasteiger partial charge on any atom is -0.462 e. The average molecular weight is 417 g/mol. The number of thiophene rings is 1. The molecule has 0 unspecified atom stereocenters. The summed E-state index contributed by atoms with van der Waals surface area (Å²) in [4.78, 5) is 42.2. The Morgan fingerprint density at radius 2 is 2.00 bits per heavy atom. The SMILES string of the molecule is CCOC(=O)c1sc2ncn(CC(=O)N[C@H](C)c3ccc(F)cc3)c(=O)c2c1C. The Morgan fingerprint density at radius 1 is 1.31 bits per heavy atom. The lowest BCUT2D eigenvalue weighted by Crippen LogP contribution is -2.34. The smallest absolute Gasteiger partial charge is 0.348 e. The minimum atomic E-state index is -0.496. The Kier molecular flexibility index (Phi) is 6.07. The van der Waals surface area contributed by atoms with E-state index >= 15 is 0 Å². The molecule has 1 N–H and O–H groups in total. The lowest BCUT2D eigenvalue weighted by Gasteiger charge is -2.15. The van der Waals surface area contributed by atoms with Crippen LogP contribution in [0.1, 0.15) is 40.7 Å². The summed E-state index contributed by atoms with van der Waals surface area (Å²) in [6.07, 6.45) is 1.29. The molecule has 1 amide bonds. The van der Waals surface area contributed by atoms with Crippen molar-refractivity contribution in [2.75, 3.05) is 6.61 Å². The van der Waals surface area contributed by atoms with Crippen LogP contribution < -0.4 is 10.9 Å². The number of halogens is 1. The molecule has 1 aromatic carbocycles. The van der Waals surface area contributed by atoms with Crippen LogP contribution in [-0.4, -0.2) is 28.0 Å². The van der Waals surface area contributed by atoms with Crippen molar-refractivity contribution < 1.29 is 18.7 Å².